The van der Waals surface area contributed by atoms with Gasteiger partial charge < -0.3 is 4.74 Å². The molecule has 21 heavy (non-hydrogen) atoms. The lowest BCUT2D eigenvalue weighted by Crippen LogP contribution is -2.13. The fourth-order valence-electron chi connectivity index (χ4n) is 3.42. The molecule has 0 unspecified atom stereocenters. The summed E-state index contributed by atoms with van der Waals surface area (Å²) in [4.78, 5) is 0. The average molecular weight is 292 g/mol. The van der Waals surface area contributed by atoms with Gasteiger partial charge in [0.25, 0.3) is 0 Å². The van der Waals surface area contributed by atoms with Gasteiger partial charge in [-0.25, -0.2) is 0 Å². The Hall–Kier alpha value is -1.05. The Morgan fingerprint density at radius 1 is 1.05 bits per heavy atom. The summed E-state index contributed by atoms with van der Waals surface area (Å²) in [7, 11) is 0. The third kappa shape index (κ3) is 5.33. The monoisotopic (exact) mass is 292 g/mol. The summed E-state index contributed by atoms with van der Waals surface area (Å²) >= 11 is 0. The quantitative estimate of drug-likeness (QED) is 0.543. The third-order valence-electron chi connectivity index (χ3n) is 4.69. The van der Waals surface area contributed by atoms with Gasteiger partial charge in [0.05, 0.1) is 13.3 Å². The summed E-state index contributed by atoms with van der Waals surface area (Å²) in [5.41, 5.74) is 1.46. The van der Waals surface area contributed by atoms with Crippen LogP contribution in [0, 0.1) is 5.92 Å². The van der Waals surface area contributed by atoms with Gasteiger partial charge in [-0.15, -0.1) is 0 Å². The van der Waals surface area contributed by atoms with Crippen LogP contribution in [0.3, 0.4) is 0 Å². The van der Waals surface area contributed by atoms with Crippen LogP contribution >= 0.6 is 0 Å². The van der Waals surface area contributed by atoms with E-state index in [4.69, 9.17) is 4.74 Å². The van der Waals surface area contributed by atoms with E-state index in [2.05, 4.69) is 31.2 Å². The van der Waals surface area contributed by atoms with Gasteiger partial charge in [0.1, 0.15) is 5.75 Å². The van der Waals surface area contributed by atoms with Crippen LogP contribution in [-0.4, -0.2) is 13.3 Å². The fourth-order valence-corrected chi connectivity index (χ4v) is 3.42. The molecule has 1 saturated carbocycles. The topological polar surface area (TPSA) is 9.23 Å². The fraction of sp³-hybridized carbons (Fsp3) is 0.684. The molecule has 1 fully saturated rings. The van der Waals surface area contributed by atoms with Gasteiger partial charge in [-0.2, -0.15) is 0 Å². The maximum Gasteiger partial charge on any atom is 0.119 e. The first-order valence-corrected chi connectivity index (χ1v) is 8.62. The van der Waals surface area contributed by atoms with Gasteiger partial charge in [-0.1, -0.05) is 31.9 Å². The molecule has 0 amide bonds. The summed E-state index contributed by atoms with van der Waals surface area (Å²) in [6.07, 6.45) is 9.56. The molecule has 0 aromatic heterocycles. The normalized spacial score (nSPS) is 22.2. The Kier molecular flexibility index (Phi) is 7.05. The lowest BCUT2D eigenvalue weighted by Gasteiger charge is -2.28. The SMILES string of the molecule is CCCC1CCC(c2ccc(OCCCCF)cc2)CC1. The number of alkyl halides is 1. The van der Waals surface area contributed by atoms with Crippen molar-refractivity contribution in [3.8, 4) is 5.75 Å². The van der Waals surface area contributed by atoms with Gasteiger partial charge in [-0.3, -0.25) is 4.39 Å². The summed E-state index contributed by atoms with van der Waals surface area (Å²) in [6.45, 7) is 2.66. The largest absolute Gasteiger partial charge is 0.494 e. The lowest BCUT2D eigenvalue weighted by molar-refractivity contribution is 0.296. The van der Waals surface area contributed by atoms with Gasteiger partial charge >= 0.3 is 0 Å². The number of ether oxygens (including phenoxy) is 1. The predicted octanol–water partition coefficient (Wildman–Crippen LogP) is 5.89. The molecule has 1 aliphatic rings. The molecule has 0 radical (unpaired) electrons. The highest BCUT2D eigenvalue weighted by Gasteiger charge is 2.21. The standard InChI is InChI=1S/C19H29FO/c1-2-5-16-6-8-17(9-7-16)18-10-12-19(13-11-18)21-15-4-3-14-20/h10-13,16-17H,2-9,14-15H2,1H3. The molecule has 1 aromatic rings. The van der Waals surface area contributed by atoms with Crippen LogP contribution < -0.4 is 4.74 Å². The average Bonchev–Trinajstić information content (AvgIpc) is 2.53. The molecule has 0 atom stereocenters. The number of hydrogen-bond acceptors (Lipinski definition) is 1. The van der Waals surface area contributed by atoms with E-state index in [1.54, 1.807) is 0 Å². The minimum Gasteiger partial charge on any atom is -0.494 e. The van der Waals surface area contributed by atoms with E-state index in [1.165, 1.54) is 44.1 Å². The minimum atomic E-state index is -0.247. The summed E-state index contributed by atoms with van der Waals surface area (Å²) < 4.78 is 17.6. The van der Waals surface area contributed by atoms with Crippen LogP contribution in [0.25, 0.3) is 0 Å². The Morgan fingerprint density at radius 2 is 1.76 bits per heavy atom. The molecular weight excluding hydrogens is 263 g/mol. The zero-order valence-corrected chi connectivity index (χ0v) is 13.3. The van der Waals surface area contributed by atoms with Crippen molar-refractivity contribution in [2.45, 2.75) is 64.2 Å². The number of unbranched alkanes of at least 4 members (excludes halogenated alkanes) is 1. The molecule has 2 heteroatoms. The third-order valence-corrected chi connectivity index (χ3v) is 4.69. The maximum atomic E-state index is 12.0. The van der Waals surface area contributed by atoms with Crippen molar-refractivity contribution >= 4 is 0 Å². The molecule has 0 saturated heterocycles. The summed E-state index contributed by atoms with van der Waals surface area (Å²) in [6, 6.07) is 8.58. The van der Waals surface area contributed by atoms with Crippen LogP contribution in [0.4, 0.5) is 4.39 Å². The zero-order valence-electron chi connectivity index (χ0n) is 13.3. The molecule has 0 spiro atoms. The van der Waals surface area contributed by atoms with Crippen molar-refractivity contribution in [2.75, 3.05) is 13.3 Å². The Morgan fingerprint density at radius 3 is 2.38 bits per heavy atom. The van der Waals surface area contributed by atoms with E-state index >= 15 is 0 Å². The van der Waals surface area contributed by atoms with Crippen LogP contribution in [0.5, 0.6) is 5.75 Å². The van der Waals surface area contributed by atoms with E-state index < -0.39 is 0 Å². The molecule has 0 aliphatic heterocycles. The van der Waals surface area contributed by atoms with Crippen molar-refractivity contribution in [1.29, 1.82) is 0 Å². The van der Waals surface area contributed by atoms with E-state index in [9.17, 15) is 4.39 Å². The molecule has 118 valence electrons. The first kappa shape index (κ1) is 16.3. The molecule has 2 rings (SSSR count). The predicted molar refractivity (Wildman–Crippen MR) is 86.8 cm³/mol. The molecule has 1 nitrogen and oxygen atoms in total. The number of benzene rings is 1. The first-order chi connectivity index (χ1) is 10.3. The molecule has 1 aliphatic carbocycles. The summed E-state index contributed by atoms with van der Waals surface area (Å²) in [5.74, 6) is 2.61. The molecule has 0 N–H and O–H groups in total. The molecule has 0 heterocycles. The number of halogens is 1. The van der Waals surface area contributed by atoms with Crippen molar-refractivity contribution in [2.24, 2.45) is 5.92 Å². The van der Waals surface area contributed by atoms with Gasteiger partial charge in [-0.05, 0) is 68.1 Å². The Balaban J connectivity index is 1.77. The highest BCUT2D eigenvalue weighted by atomic mass is 19.1. The summed E-state index contributed by atoms with van der Waals surface area (Å²) in [5, 5.41) is 0. The van der Waals surface area contributed by atoms with Crippen LogP contribution in [0.15, 0.2) is 24.3 Å². The van der Waals surface area contributed by atoms with E-state index in [-0.39, 0.29) is 6.67 Å². The zero-order chi connectivity index (χ0) is 14.9. The smallest absolute Gasteiger partial charge is 0.119 e. The Labute approximate surface area is 128 Å². The second-order valence-electron chi connectivity index (χ2n) is 6.32. The van der Waals surface area contributed by atoms with E-state index in [0.717, 1.165) is 24.0 Å². The highest BCUT2D eigenvalue weighted by Crippen LogP contribution is 2.37. The lowest BCUT2D eigenvalue weighted by atomic mass is 9.77. The highest BCUT2D eigenvalue weighted by molar-refractivity contribution is 5.29. The van der Waals surface area contributed by atoms with Gasteiger partial charge in [0, 0.05) is 0 Å². The minimum absolute atomic E-state index is 0.247. The van der Waals surface area contributed by atoms with Crippen LogP contribution in [-0.2, 0) is 0 Å². The first-order valence-electron chi connectivity index (χ1n) is 8.62. The number of rotatable bonds is 8. The van der Waals surface area contributed by atoms with Crippen molar-refractivity contribution < 1.29 is 9.13 Å². The molecular formula is C19H29FO. The van der Waals surface area contributed by atoms with Crippen molar-refractivity contribution in [3.05, 3.63) is 29.8 Å². The second kappa shape index (κ2) is 9.07. The van der Waals surface area contributed by atoms with Crippen molar-refractivity contribution in [1.82, 2.24) is 0 Å². The van der Waals surface area contributed by atoms with E-state index in [1.807, 2.05) is 0 Å². The second-order valence-corrected chi connectivity index (χ2v) is 6.32. The van der Waals surface area contributed by atoms with E-state index in [0.29, 0.717) is 13.0 Å². The molecule has 1 aromatic carbocycles. The number of hydrogen-bond donors (Lipinski definition) is 0. The van der Waals surface area contributed by atoms with Crippen molar-refractivity contribution in [3.63, 3.8) is 0 Å². The molecule has 0 bridgehead atoms. The maximum absolute atomic E-state index is 12.0. The van der Waals surface area contributed by atoms with Gasteiger partial charge in [0.15, 0.2) is 0 Å². The van der Waals surface area contributed by atoms with Crippen LogP contribution in [0.2, 0.25) is 0 Å². The van der Waals surface area contributed by atoms with Crippen LogP contribution in [0.1, 0.15) is 69.8 Å². The van der Waals surface area contributed by atoms with Gasteiger partial charge in [0.2, 0.25) is 0 Å². The Bertz CT molecular complexity index is 379.